The van der Waals surface area contributed by atoms with E-state index in [1.807, 2.05) is 0 Å². The number of rotatable bonds is 7. The number of hydrazone groups is 1. The third kappa shape index (κ3) is 5.41. The van der Waals surface area contributed by atoms with Crippen molar-refractivity contribution >= 4 is 11.6 Å². The SMILES string of the molecule is CCCCCCC(=O)N/N=C(\C)c1c(O)cc(C)oc1=O. The Labute approximate surface area is 123 Å². The van der Waals surface area contributed by atoms with Gasteiger partial charge in [0.1, 0.15) is 17.1 Å². The van der Waals surface area contributed by atoms with Gasteiger partial charge in [-0.2, -0.15) is 5.10 Å². The van der Waals surface area contributed by atoms with Gasteiger partial charge in [0, 0.05) is 12.5 Å². The maximum absolute atomic E-state index is 11.7. The van der Waals surface area contributed by atoms with Crippen LogP contribution in [-0.4, -0.2) is 16.7 Å². The Morgan fingerprint density at radius 1 is 1.38 bits per heavy atom. The summed E-state index contributed by atoms with van der Waals surface area (Å²) in [5.41, 5.74) is 1.89. The maximum Gasteiger partial charge on any atom is 0.348 e. The van der Waals surface area contributed by atoms with Crippen LogP contribution in [0.5, 0.6) is 5.75 Å². The summed E-state index contributed by atoms with van der Waals surface area (Å²) in [4.78, 5) is 23.3. The van der Waals surface area contributed by atoms with Crippen molar-refractivity contribution in [3.8, 4) is 5.75 Å². The van der Waals surface area contributed by atoms with Crippen molar-refractivity contribution < 1.29 is 14.3 Å². The minimum Gasteiger partial charge on any atom is -0.507 e. The van der Waals surface area contributed by atoms with Gasteiger partial charge >= 0.3 is 5.63 Å². The van der Waals surface area contributed by atoms with Crippen molar-refractivity contribution in [1.29, 1.82) is 0 Å². The zero-order valence-electron chi connectivity index (χ0n) is 12.7. The van der Waals surface area contributed by atoms with E-state index in [9.17, 15) is 14.7 Å². The summed E-state index contributed by atoms with van der Waals surface area (Å²) in [6, 6.07) is 1.34. The fourth-order valence-corrected chi connectivity index (χ4v) is 1.90. The lowest BCUT2D eigenvalue weighted by molar-refractivity contribution is -0.121. The average molecular weight is 294 g/mol. The van der Waals surface area contributed by atoms with E-state index in [0.29, 0.717) is 12.2 Å². The first kappa shape index (κ1) is 16.9. The largest absolute Gasteiger partial charge is 0.507 e. The Balaban J connectivity index is 2.65. The number of nitrogens with one attached hydrogen (secondary N) is 1. The lowest BCUT2D eigenvalue weighted by atomic mass is 10.1. The van der Waals surface area contributed by atoms with Crippen LogP contribution in [0.1, 0.15) is 57.3 Å². The van der Waals surface area contributed by atoms with Crippen molar-refractivity contribution in [2.75, 3.05) is 0 Å². The Kier molecular flexibility index (Phi) is 6.65. The number of carbonyl (C=O) groups is 1. The standard InChI is InChI=1S/C15H22N2O4/c1-4-5-6-7-8-13(19)17-16-11(3)14-12(18)9-10(2)21-15(14)20/h9,18H,4-8H2,1-3H3,(H,17,19)/b16-11+. The molecule has 0 aromatic carbocycles. The highest BCUT2D eigenvalue weighted by atomic mass is 16.4. The van der Waals surface area contributed by atoms with Crippen molar-refractivity contribution in [2.45, 2.75) is 52.9 Å². The third-order valence-corrected chi connectivity index (χ3v) is 3.02. The molecule has 21 heavy (non-hydrogen) atoms. The number of aryl methyl sites for hydroxylation is 1. The van der Waals surface area contributed by atoms with Crippen molar-refractivity contribution in [1.82, 2.24) is 5.43 Å². The average Bonchev–Trinajstić information content (AvgIpc) is 2.40. The second-order valence-electron chi connectivity index (χ2n) is 4.95. The molecular formula is C15H22N2O4. The summed E-state index contributed by atoms with van der Waals surface area (Å²) in [6.45, 7) is 5.20. The summed E-state index contributed by atoms with van der Waals surface area (Å²) in [5, 5.41) is 13.6. The molecule has 0 aliphatic heterocycles. The second-order valence-corrected chi connectivity index (χ2v) is 4.95. The number of aromatic hydroxyl groups is 1. The normalized spacial score (nSPS) is 11.5. The highest BCUT2D eigenvalue weighted by molar-refractivity contribution is 6.01. The van der Waals surface area contributed by atoms with Gasteiger partial charge in [-0.1, -0.05) is 26.2 Å². The molecule has 0 bridgehead atoms. The maximum atomic E-state index is 11.7. The van der Waals surface area contributed by atoms with Gasteiger partial charge in [-0.3, -0.25) is 4.79 Å². The number of nitrogens with zero attached hydrogens (tertiary/aromatic N) is 1. The van der Waals surface area contributed by atoms with E-state index >= 15 is 0 Å². The summed E-state index contributed by atoms with van der Waals surface area (Å²) in [5.74, 6) is -0.0994. The first-order valence-electron chi connectivity index (χ1n) is 7.13. The lowest BCUT2D eigenvalue weighted by Crippen LogP contribution is -2.21. The third-order valence-electron chi connectivity index (χ3n) is 3.02. The van der Waals surface area contributed by atoms with Crippen molar-refractivity contribution in [3.05, 3.63) is 27.8 Å². The number of unbranched alkanes of at least 4 members (excludes halogenated alkanes) is 3. The molecule has 1 heterocycles. The number of carbonyl (C=O) groups excluding carboxylic acids is 1. The van der Waals surface area contributed by atoms with Crippen molar-refractivity contribution in [2.24, 2.45) is 5.10 Å². The van der Waals surface area contributed by atoms with Gasteiger partial charge in [-0.05, 0) is 20.3 Å². The number of hydrogen-bond donors (Lipinski definition) is 2. The van der Waals surface area contributed by atoms with E-state index in [-0.39, 0.29) is 22.9 Å². The molecule has 0 saturated heterocycles. The van der Waals surface area contributed by atoms with E-state index in [4.69, 9.17) is 4.42 Å². The smallest absolute Gasteiger partial charge is 0.348 e. The molecule has 6 nitrogen and oxygen atoms in total. The zero-order chi connectivity index (χ0) is 15.8. The van der Waals surface area contributed by atoms with Gasteiger partial charge in [0.15, 0.2) is 0 Å². The van der Waals surface area contributed by atoms with Crippen LogP contribution in [0.3, 0.4) is 0 Å². The monoisotopic (exact) mass is 294 g/mol. The Morgan fingerprint density at radius 3 is 2.71 bits per heavy atom. The molecule has 2 N–H and O–H groups in total. The van der Waals surface area contributed by atoms with Gasteiger partial charge in [-0.15, -0.1) is 0 Å². The van der Waals surface area contributed by atoms with Crippen LogP contribution >= 0.6 is 0 Å². The molecule has 0 aliphatic rings. The predicted octanol–water partition coefficient (Wildman–Crippen LogP) is 2.46. The first-order chi connectivity index (χ1) is 9.95. The zero-order valence-corrected chi connectivity index (χ0v) is 12.7. The van der Waals surface area contributed by atoms with E-state index < -0.39 is 5.63 Å². The molecule has 0 spiro atoms. The topological polar surface area (TPSA) is 91.9 Å². The lowest BCUT2D eigenvalue weighted by Gasteiger charge is -2.04. The highest BCUT2D eigenvalue weighted by Gasteiger charge is 2.13. The Morgan fingerprint density at radius 2 is 2.10 bits per heavy atom. The summed E-state index contributed by atoms with van der Waals surface area (Å²) in [7, 11) is 0. The van der Waals surface area contributed by atoms with Crippen molar-refractivity contribution in [3.63, 3.8) is 0 Å². The molecular weight excluding hydrogens is 272 g/mol. The van der Waals surface area contributed by atoms with Crippen LogP contribution < -0.4 is 11.1 Å². The number of hydrogen-bond acceptors (Lipinski definition) is 5. The van der Waals surface area contributed by atoms with Crippen LogP contribution in [-0.2, 0) is 4.79 Å². The Bertz CT molecular complexity index is 576. The molecule has 6 heteroatoms. The molecule has 1 aromatic rings. The van der Waals surface area contributed by atoms with Gasteiger partial charge < -0.3 is 9.52 Å². The van der Waals surface area contributed by atoms with Gasteiger partial charge in [0.2, 0.25) is 5.91 Å². The highest BCUT2D eigenvalue weighted by Crippen LogP contribution is 2.15. The van der Waals surface area contributed by atoms with Crippen LogP contribution in [0.2, 0.25) is 0 Å². The van der Waals surface area contributed by atoms with E-state index in [1.165, 1.54) is 13.0 Å². The van der Waals surface area contributed by atoms with Gasteiger partial charge in [0.05, 0.1) is 5.71 Å². The van der Waals surface area contributed by atoms with E-state index in [2.05, 4.69) is 17.5 Å². The fourth-order valence-electron chi connectivity index (χ4n) is 1.90. The summed E-state index contributed by atoms with van der Waals surface area (Å²) >= 11 is 0. The predicted molar refractivity (Wildman–Crippen MR) is 80.5 cm³/mol. The summed E-state index contributed by atoms with van der Waals surface area (Å²) in [6.07, 6.45) is 4.43. The van der Waals surface area contributed by atoms with Gasteiger partial charge in [-0.25, -0.2) is 10.2 Å². The molecule has 0 aliphatic carbocycles. The molecule has 0 saturated carbocycles. The summed E-state index contributed by atoms with van der Waals surface area (Å²) < 4.78 is 4.90. The molecule has 1 rings (SSSR count). The second kappa shape index (κ2) is 8.24. The molecule has 0 radical (unpaired) electrons. The molecule has 0 unspecified atom stereocenters. The number of amides is 1. The van der Waals surface area contributed by atoms with Crippen LogP contribution in [0.25, 0.3) is 0 Å². The van der Waals surface area contributed by atoms with E-state index in [1.54, 1.807) is 6.92 Å². The van der Waals surface area contributed by atoms with Gasteiger partial charge in [0.25, 0.3) is 0 Å². The first-order valence-corrected chi connectivity index (χ1v) is 7.13. The minimum absolute atomic E-state index is 0.0353. The fraction of sp³-hybridized carbons (Fsp3) is 0.533. The Hall–Kier alpha value is -2.11. The minimum atomic E-state index is -0.675. The molecule has 116 valence electrons. The molecule has 0 fully saturated rings. The quantitative estimate of drug-likeness (QED) is 0.459. The molecule has 1 aromatic heterocycles. The molecule has 1 amide bonds. The molecule has 0 atom stereocenters. The van der Waals surface area contributed by atoms with Crippen LogP contribution in [0.15, 0.2) is 20.4 Å². The van der Waals surface area contributed by atoms with E-state index in [0.717, 1.165) is 25.7 Å². The van der Waals surface area contributed by atoms with Crippen LogP contribution in [0.4, 0.5) is 0 Å². The van der Waals surface area contributed by atoms with Crippen LogP contribution in [0, 0.1) is 6.92 Å².